The van der Waals surface area contributed by atoms with E-state index in [0.717, 1.165) is 39.2 Å². The molecule has 31 heavy (non-hydrogen) atoms. The van der Waals surface area contributed by atoms with Crippen LogP contribution >= 0.6 is 0 Å². The highest BCUT2D eigenvalue weighted by Gasteiger charge is 2.07. The Morgan fingerprint density at radius 3 is 2.48 bits per heavy atom. The normalized spacial score (nSPS) is 11.4. The fraction of sp³-hybridized carbons (Fsp3) is 0.120. The van der Waals surface area contributed by atoms with Gasteiger partial charge in [-0.05, 0) is 73.4 Å². The smallest absolute Gasteiger partial charge is 0.161 e. The molecule has 0 aliphatic rings. The van der Waals surface area contributed by atoms with Gasteiger partial charge in [0.05, 0.1) is 18.2 Å². The van der Waals surface area contributed by atoms with Crippen LogP contribution in [0.3, 0.4) is 0 Å². The van der Waals surface area contributed by atoms with Gasteiger partial charge in [-0.3, -0.25) is 4.79 Å². The Labute approximate surface area is 181 Å². The average Bonchev–Trinajstić information content (AvgIpc) is 3.31. The van der Waals surface area contributed by atoms with E-state index >= 15 is 0 Å². The minimum absolute atomic E-state index is 0.0724. The van der Waals surface area contributed by atoms with Gasteiger partial charge in [0.1, 0.15) is 5.82 Å². The molecule has 0 radical (unpaired) electrons. The van der Waals surface area contributed by atoms with E-state index in [2.05, 4.69) is 25.3 Å². The Morgan fingerprint density at radius 2 is 1.81 bits per heavy atom. The maximum atomic E-state index is 11.5. The second kappa shape index (κ2) is 8.75. The SMILES string of the molecule is CC(=O)/C(C)=C/c1ccc(-c2nccc(Nc3ccc(-c4cnc[nH]4)cc3)n2)cc1C. The van der Waals surface area contributed by atoms with Crippen molar-refractivity contribution in [1.82, 2.24) is 19.9 Å². The van der Waals surface area contributed by atoms with Crippen LogP contribution in [0, 0.1) is 6.92 Å². The van der Waals surface area contributed by atoms with E-state index in [1.54, 1.807) is 25.6 Å². The molecule has 0 saturated heterocycles. The average molecular weight is 409 g/mol. The number of hydrogen-bond acceptors (Lipinski definition) is 5. The summed E-state index contributed by atoms with van der Waals surface area (Å²) >= 11 is 0. The molecule has 2 aromatic carbocycles. The monoisotopic (exact) mass is 409 g/mol. The molecule has 0 amide bonds. The van der Waals surface area contributed by atoms with E-state index in [9.17, 15) is 4.79 Å². The molecule has 0 aliphatic heterocycles. The lowest BCUT2D eigenvalue weighted by atomic mass is 10.0. The molecule has 0 bridgehead atoms. The molecule has 0 unspecified atom stereocenters. The summed E-state index contributed by atoms with van der Waals surface area (Å²) < 4.78 is 0. The second-order valence-corrected chi connectivity index (χ2v) is 7.39. The predicted octanol–water partition coefficient (Wildman–Crippen LogP) is 5.58. The quantitative estimate of drug-likeness (QED) is 0.406. The summed E-state index contributed by atoms with van der Waals surface area (Å²) in [6.45, 7) is 5.42. The molecular weight excluding hydrogens is 386 g/mol. The van der Waals surface area contributed by atoms with Crippen LogP contribution in [0.4, 0.5) is 11.5 Å². The largest absolute Gasteiger partial charge is 0.345 e. The number of H-pyrrole nitrogens is 1. The van der Waals surface area contributed by atoms with Gasteiger partial charge in [-0.25, -0.2) is 15.0 Å². The molecule has 2 N–H and O–H groups in total. The number of carbonyl (C=O) groups excluding carboxylic acids is 1. The number of aryl methyl sites for hydroxylation is 1. The summed E-state index contributed by atoms with van der Waals surface area (Å²) in [7, 11) is 0. The van der Waals surface area contributed by atoms with Crippen molar-refractivity contribution in [2.75, 3.05) is 5.32 Å². The van der Waals surface area contributed by atoms with E-state index < -0.39 is 0 Å². The third kappa shape index (κ3) is 4.75. The van der Waals surface area contributed by atoms with Gasteiger partial charge in [0.25, 0.3) is 0 Å². The molecule has 4 rings (SSSR count). The topological polar surface area (TPSA) is 83.6 Å². The molecule has 0 spiro atoms. The summed E-state index contributed by atoms with van der Waals surface area (Å²) in [5.74, 6) is 1.43. The van der Waals surface area contributed by atoms with E-state index in [1.807, 2.05) is 68.5 Å². The number of aromatic amines is 1. The number of carbonyl (C=O) groups is 1. The Morgan fingerprint density at radius 1 is 1.03 bits per heavy atom. The standard InChI is InChI=1S/C25H23N5O/c1-16(18(3)31)12-20-4-5-21(13-17(20)2)25-27-11-10-24(30-25)29-22-8-6-19(7-9-22)23-14-26-15-28-23/h4-15H,1-3H3,(H,26,28)(H,27,29,30)/b16-12+. The van der Waals surface area contributed by atoms with Gasteiger partial charge in [-0.2, -0.15) is 0 Å². The van der Waals surface area contributed by atoms with Crippen molar-refractivity contribution in [3.05, 3.63) is 84.0 Å². The summed E-state index contributed by atoms with van der Waals surface area (Å²) in [6.07, 6.45) is 7.11. The first-order valence-corrected chi connectivity index (χ1v) is 9.99. The highest BCUT2D eigenvalue weighted by molar-refractivity contribution is 5.97. The van der Waals surface area contributed by atoms with Gasteiger partial charge in [0, 0.05) is 17.4 Å². The molecule has 0 aliphatic carbocycles. The molecule has 0 atom stereocenters. The highest BCUT2D eigenvalue weighted by Crippen LogP contribution is 2.24. The molecule has 2 heterocycles. The fourth-order valence-electron chi connectivity index (χ4n) is 3.17. The Bertz CT molecular complexity index is 1240. The number of nitrogens with one attached hydrogen (secondary N) is 2. The van der Waals surface area contributed by atoms with Crippen molar-refractivity contribution < 1.29 is 4.79 Å². The lowest BCUT2D eigenvalue weighted by Gasteiger charge is -2.09. The van der Waals surface area contributed by atoms with Gasteiger partial charge in [0.2, 0.25) is 0 Å². The number of anilines is 2. The van der Waals surface area contributed by atoms with Crippen LogP contribution in [0.1, 0.15) is 25.0 Å². The van der Waals surface area contributed by atoms with Crippen molar-refractivity contribution in [2.45, 2.75) is 20.8 Å². The number of aromatic nitrogens is 4. The van der Waals surface area contributed by atoms with Gasteiger partial charge in [-0.15, -0.1) is 0 Å². The van der Waals surface area contributed by atoms with Crippen LogP contribution in [0.2, 0.25) is 0 Å². The van der Waals surface area contributed by atoms with E-state index in [4.69, 9.17) is 0 Å². The van der Waals surface area contributed by atoms with Gasteiger partial charge in [0.15, 0.2) is 11.6 Å². The third-order valence-electron chi connectivity index (χ3n) is 5.08. The number of nitrogens with zero attached hydrogens (tertiary/aromatic N) is 3. The summed E-state index contributed by atoms with van der Waals surface area (Å²) in [5, 5.41) is 3.33. The summed E-state index contributed by atoms with van der Waals surface area (Å²) in [5.41, 5.74) is 6.71. The molecule has 2 aromatic heterocycles. The van der Waals surface area contributed by atoms with Crippen molar-refractivity contribution >= 4 is 23.4 Å². The first-order valence-electron chi connectivity index (χ1n) is 9.99. The molecule has 4 aromatic rings. The number of benzene rings is 2. The predicted molar refractivity (Wildman–Crippen MR) is 124 cm³/mol. The van der Waals surface area contributed by atoms with Gasteiger partial charge in [-0.1, -0.05) is 24.3 Å². The minimum atomic E-state index is 0.0724. The molecule has 154 valence electrons. The highest BCUT2D eigenvalue weighted by atomic mass is 16.1. The Hall–Kier alpha value is -4.06. The number of allylic oxidation sites excluding steroid dienone is 1. The maximum Gasteiger partial charge on any atom is 0.161 e. The number of Topliss-reactive ketones (excluding diaryl/α,β-unsaturated/α-hetero) is 1. The van der Waals surface area contributed by atoms with E-state index in [0.29, 0.717) is 11.6 Å². The molecule has 6 nitrogen and oxygen atoms in total. The first-order chi connectivity index (χ1) is 15.0. The zero-order valence-corrected chi connectivity index (χ0v) is 17.7. The zero-order valence-electron chi connectivity index (χ0n) is 17.7. The minimum Gasteiger partial charge on any atom is -0.345 e. The van der Waals surface area contributed by atoms with Gasteiger partial charge < -0.3 is 10.3 Å². The zero-order chi connectivity index (χ0) is 21.8. The maximum absolute atomic E-state index is 11.5. The second-order valence-electron chi connectivity index (χ2n) is 7.39. The molecule has 0 saturated carbocycles. The van der Waals surface area contributed by atoms with Crippen molar-refractivity contribution in [2.24, 2.45) is 0 Å². The molecule has 0 fully saturated rings. The summed E-state index contributed by atoms with van der Waals surface area (Å²) in [6, 6.07) is 15.9. The molecular formula is C25H23N5O. The number of ketones is 1. The first kappa shape index (κ1) is 20.2. The Kier molecular flexibility index (Phi) is 5.71. The van der Waals surface area contributed by atoms with Crippen LogP contribution in [-0.4, -0.2) is 25.7 Å². The van der Waals surface area contributed by atoms with Crippen LogP contribution in [0.15, 0.2) is 72.8 Å². The van der Waals surface area contributed by atoms with Crippen molar-refractivity contribution in [3.63, 3.8) is 0 Å². The summed E-state index contributed by atoms with van der Waals surface area (Å²) in [4.78, 5) is 27.8. The van der Waals surface area contributed by atoms with Crippen LogP contribution in [-0.2, 0) is 4.79 Å². The third-order valence-corrected chi connectivity index (χ3v) is 5.08. The van der Waals surface area contributed by atoms with E-state index in [-0.39, 0.29) is 5.78 Å². The van der Waals surface area contributed by atoms with Crippen LogP contribution in [0.5, 0.6) is 0 Å². The van der Waals surface area contributed by atoms with E-state index in [1.165, 1.54) is 0 Å². The van der Waals surface area contributed by atoms with Crippen LogP contribution < -0.4 is 5.32 Å². The molecule has 6 heteroatoms. The lowest BCUT2D eigenvalue weighted by molar-refractivity contribution is -0.113. The number of rotatable bonds is 6. The lowest BCUT2D eigenvalue weighted by Crippen LogP contribution is -1.97. The van der Waals surface area contributed by atoms with Gasteiger partial charge >= 0.3 is 0 Å². The van der Waals surface area contributed by atoms with Crippen molar-refractivity contribution in [1.29, 1.82) is 0 Å². The Balaban J connectivity index is 1.54. The van der Waals surface area contributed by atoms with Crippen LogP contribution in [0.25, 0.3) is 28.7 Å². The fourth-order valence-corrected chi connectivity index (χ4v) is 3.17. The number of hydrogen-bond donors (Lipinski definition) is 2. The number of imidazole rings is 1. The van der Waals surface area contributed by atoms with Crippen molar-refractivity contribution in [3.8, 4) is 22.6 Å².